The van der Waals surface area contributed by atoms with Gasteiger partial charge >= 0.3 is 0 Å². The minimum atomic E-state index is 0.226. The Balaban J connectivity index is 2.78. The molecule has 0 spiro atoms. The maximum Gasteiger partial charge on any atom is 0.124 e. The fourth-order valence-corrected chi connectivity index (χ4v) is 2.74. The van der Waals surface area contributed by atoms with Crippen molar-refractivity contribution >= 4 is 34.1 Å². The van der Waals surface area contributed by atoms with Crippen LogP contribution in [0.25, 0.3) is 10.1 Å². The Labute approximate surface area is 90.8 Å². The van der Waals surface area contributed by atoms with E-state index in [1.54, 1.807) is 12.1 Å². The molecule has 0 aliphatic carbocycles. The lowest BCUT2D eigenvalue weighted by Gasteiger charge is -1.99. The molecule has 0 aliphatic rings. The van der Waals surface area contributed by atoms with Crippen LogP contribution in [-0.2, 0) is 6.42 Å². The third-order valence-corrected chi connectivity index (χ3v) is 3.61. The Hall–Kier alpha value is -1.18. The van der Waals surface area contributed by atoms with Crippen molar-refractivity contribution in [2.45, 2.75) is 11.3 Å². The summed E-state index contributed by atoms with van der Waals surface area (Å²) in [5, 5.41) is 20.9. The fraction of sp³-hybridized carbons (Fsp3) is 0.100. The topological polar surface area (TPSA) is 44.0 Å². The monoisotopic (exact) mass is 221 g/mol. The quantitative estimate of drug-likeness (QED) is 0.727. The Kier molecular flexibility index (Phi) is 2.36. The number of thiol groups is 1. The van der Waals surface area contributed by atoms with Gasteiger partial charge in [0.1, 0.15) is 5.75 Å². The molecule has 1 aromatic heterocycles. The van der Waals surface area contributed by atoms with Gasteiger partial charge in [0.25, 0.3) is 0 Å². The van der Waals surface area contributed by atoms with Crippen molar-refractivity contribution in [2.75, 3.05) is 0 Å². The number of benzene rings is 1. The first-order valence-corrected chi connectivity index (χ1v) is 5.34. The summed E-state index contributed by atoms with van der Waals surface area (Å²) in [6, 6.07) is 5.45. The molecule has 0 unspecified atom stereocenters. The van der Waals surface area contributed by atoms with E-state index >= 15 is 0 Å². The Morgan fingerprint density at radius 3 is 3.00 bits per heavy atom. The summed E-state index contributed by atoms with van der Waals surface area (Å²) in [7, 11) is 0. The molecular formula is C10H7NOS2. The molecule has 0 saturated carbocycles. The second kappa shape index (κ2) is 3.52. The van der Waals surface area contributed by atoms with Crippen LogP contribution in [0.5, 0.6) is 5.75 Å². The van der Waals surface area contributed by atoms with E-state index in [2.05, 4.69) is 18.7 Å². The summed E-state index contributed by atoms with van der Waals surface area (Å²) in [5.74, 6) is 0.226. The zero-order valence-electron chi connectivity index (χ0n) is 7.19. The highest BCUT2D eigenvalue weighted by Gasteiger charge is 2.10. The predicted molar refractivity (Wildman–Crippen MR) is 60.1 cm³/mol. The van der Waals surface area contributed by atoms with Crippen molar-refractivity contribution in [1.82, 2.24) is 0 Å². The Morgan fingerprint density at radius 1 is 1.50 bits per heavy atom. The van der Waals surface area contributed by atoms with Crippen molar-refractivity contribution in [3.8, 4) is 11.8 Å². The summed E-state index contributed by atoms with van der Waals surface area (Å²) in [6.07, 6.45) is 0.324. The number of aromatic hydroxyl groups is 1. The van der Waals surface area contributed by atoms with Crippen LogP contribution in [0, 0.1) is 11.3 Å². The maximum absolute atomic E-state index is 9.66. The van der Waals surface area contributed by atoms with Gasteiger partial charge in [-0.05, 0) is 23.1 Å². The summed E-state index contributed by atoms with van der Waals surface area (Å²) < 4.78 is 0.943. The molecule has 0 atom stereocenters. The lowest BCUT2D eigenvalue weighted by molar-refractivity contribution is 0.481. The van der Waals surface area contributed by atoms with Gasteiger partial charge in [-0.25, -0.2) is 0 Å². The lowest BCUT2D eigenvalue weighted by Crippen LogP contribution is -1.78. The molecule has 70 valence electrons. The molecule has 0 radical (unpaired) electrons. The molecule has 0 fully saturated rings. The zero-order chi connectivity index (χ0) is 10.1. The van der Waals surface area contributed by atoms with Crippen LogP contribution in [0.15, 0.2) is 22.4 Å². The molecule has 1 aromatic carbocycles. The highest BCUT2D eigenvalue weighted by Crippen LogP contribution is 2.37. The van der Waals surface area contributed by atoms with Crippen LogP contribution >= 0.6 is 24.0 Å². The van der Waals surface area contributed by atoms with Crippen LogP contribution in [0.4, 0.5) is 0 Å². The molecule has 0 bridgehead atoms. The second-order valence-corrected chi connectivity index (χ2v) is 4.27. The van der Waals surface area contributed by atoms with Crippen LogP contribution in [0.3, 0.4) is 0 Å². The number of thiophene rings is 1. The summed E-state index contributed by atoms with van der Waals surface area (Å²) in [6.45, 7) is 0. The molecule has 1 N–H and O–H groups in total. The average molecular weight is 221 g/mol. The van der Waals surface area contributed by atoms with Gasteiger partial charge in [-0.2, -0.15) is 5.26 Å². The maximum atomic E-state index is 9.66. The second-order valence-electron chi connectivity index (χ2n) is 2.90. The highest BCUT2D eigenvalue weighted by atomic mass is 32.1. The lowest BCUT2D eigenvalue weighted by atomic mass is 10.1. The predicted octanol–water partition coefficient (Wildman–Crippen LogP) is 2.96. The van der Waals surface area contributed by atoms with Gasteiger partial charge in [-0.3, -0.25) is 0 Å². The normalized spacial score (nSPS) is 10.3. The average Bonchev–Trinajstić information content (AvgIpc) is 2.58. The fourth-order valence-electron chi connectivity index (χ4n) is 1.40. The van der Waals surface area contributed by atoms with Crippen molar-refractivity contribution in [3.63, 3.8) is 0 Å². The van der Waals surface area contributed by atoms with E-state index in [-0.39, 0.29) is 5.75 Å². The molecule has 0 amide bonds. The van der Waals surface area contributed by atoms with E-state index < -0.39 is 0 Å². The van der Waals surface area contributed by atoms with Gasteiger partial charge < -0.3 is 5.11 Å². The molecule has 0 saturated heterocycles. The van der Waals surface area contributed by atoms with Crippen LogP contribution < -0.4 is 0 Å². The van der Waals surface area contributed by atoms with Gasteiger partial charge in [-0.15, -0.1) is 24.0 Å². The van der Waals surface area contributed by atoms with Crippen molar-refractivity contribution in [3.05, 3.63) is 23.1 Å². The molecule has 2 aromatic rings. The largest absolute Gasteiger partial charge is 0.507 e. The van der Waals surface area contributed by atoms with E-state index in [1.807, 2.05) is 5.38 Å². The molecular weight excluding hydrogens is 214 g/mol. The highest BCUT2D eigenvalue weighted by molar-refractivity contribution is 7.80. The number of nitriles is 1. The van der Waals surface area contributed by atoms with Gasteiger partial charge in [-0.1, -0.05) is 0 Å². The molecule has 1 heterocycles. The molecule has 14 heavy (non-hydrogen) atoms. The number of hydrogen-bond donors (Lipinski definition) is 2. The summed E-state index contributed by atoms with van der Waals surface area (Å²) in [4.78, 5) is 0.840. The van der Waals surface area contributed by atoms with E-state index in [4.69, 9.17) is 5.26 Å². The van der Waals surface area contributed by atoms with Crippen LogP contribution in [0.2, 0.25) is 0 Å². The summed E-state index contributed by atoms with van der Waals surface area (Å²) >= 11 is 5.80. The smallest absolute Gasteiger partial charge is 0.124 e. The molecule has 0 aliphatic heterocycles. The zero-order valence-corrected chi connectivity index (χ0v) is 8.90. The van der Waals surface area contributed by atoms with Crippen molar-refractivity contribution in [1.29, 1.82) is 5.26 Å². The van der Waals surface area contributed by atoms with Crippen LogP contribution in [-0.4, -0.2) is 5.11 Å². The number of rotatable bonds is 1. The van der Waals surface area contributed by atoms with E-state index in [0.29, 0.717) is 6.42 Å². The first-order valence-electron chi connectivity index (χ1n) is 4.02. The van der Waals surface area contributed by atoms with Gasteiger partial charge in [0.2, 0.25) is 0 Å². The number of nitrogens with zero attached hydrogens (tertiary/aromatic N) is 1. The SMILES string of the molecule is N#CCc1csc2c(S)ccc(O)c12. The summed E-state index contributed by atoms with van der Waals surface area (Å²) in [5.41, 5.74) is 0.876. The minimum Gasteiger partial charge on any atom is -0.507 e. The van der Waals surface area contributed by atoms with E-state index in [1.165, 1.54) is 11.3 Å². The number of phenols is 1. The van der Waals surface area contributed by atoms with E-state index in [0.717, 1.165) is 20.5 Å². The first-order chi connectivity index (χ1) is 6.74. The Morgan fingerprint density at radius 2 is 2.29 bits per heavy atom. The number of phenolic OH excluding ortho intramolecular Hbond substituents is 1. The molecule has 2 rings (SSSR count). The van der Waals surface area contributed by atoms with Crippen molar-refractivity contribution in [2.24, 2.45) is 0 Å². The molecule has 2 nitrogen and oxygen atoms in total. The third-order valence-electron chi connectivity index (χ3n) is 2.02. The van der Waals surface area contributed by atoms with Crippen LogP contribution in [0.1, 0.15) is 5.56 Å². The van der Waals surface area contributed by atoms with Gasteiger partial charge in [0.15, 0.2) is 0 Å². The first kappa shape index (κ1) is 9.38. The Bertz CT molecular complexity index is 525. The number of fused-ring (bicyclic) bond motifs is 1. The minimum absolute atomic E-state index is 0.226. The number of hydrogen-bond acceptors (Lipinski definition) is 4. The van der Waals surface area contributed by atoms with E-state index in [9.17, 15) is 5.11 Å². The van der Waals surface area contributed by atoms with Gasteiger partial charge in [0.05, 0.1) is 17.2 Å². The van der Waals surface area contributed by atoms with Crippen molar-refractivity contribution < 1.29 is 5.11 Å². The standard InChI is InChI=1S/C10H7NOS2/c11-4-3-6-5-14-10-8(13)2-1-7(12)9(6)10/h1-2,5,12-13H,3H2. The van der Waals surface area contributed by atoms with Gasteiger partial charge in [0, 0.05) is 10.3 Å². The third kappa shape index (κ3) is 1.35. The molecule has 4 heteroatoms.